The third-order valence-electron chi connectivity index (χ3n) is 3.27. The third kappa shape index (κ3) is 4.14. The van der Waals surface area contributed by atoms with E-state index >= 15 is 0 Å². The molecule has 1 N–H and O–H groups in total. The van der Waals surface area contributed by atoms with E-state index in [2.05, 4.69) is 5.32 Å². The van der Waals surface area contributed by atoms with Crippen molar-refractivity contribution in [1.82, 2.24) is 9.62 Å². The van der Waals surface area contributed by atoms with Gasteiger partial charge in [-0.25, -0.2) is 12.7 Å². The van der Waals surface area contributed by atoms with E-state index in [1.165, 1.54) is 9.18 Å². The Hall–Kier alpha value is -1.21. The van der Waals surface area contributed by atoms with Crippen molar-refractivity contribution >= 4 is 21.4 Å². The van der Waals surface area contributed by atoms with Gasteiger partial charge < -0.3 is 5.32 Å². The highest BCUT2D eigenvalue weighted by atomic mass is 32.2. The molecule has 1 aromatic carbocycles. The minimum atomic E-state index is -3.41. The second kappa shape index (κ2) is 7.17. The lowest BCUT2D eigenvalue weighted by molar-refractivity contribution is 0.473. The molecule has 0 bridgehead atoms. The molecule has 2 rings (SSSR count). The van der Waals surface area contributed by atoms with Crippen LogP contribution in [0.2, 0.25) is 0 Å². The molecule has 0 aliphatic carbocycles. The van der Waals surface area contributed by atoms with E-state index in [9.17, 15) is 8.42 Å². The molecule has 0 saturated carbocycles. The minimum Gasteiger partial charge on any atom is -0.316 e. The summed E-state index contributed by atoms with van der Waals surface area (Å²) in [6, 6.07) is 11.0. The molecule has 0 amide bonds. The Morgan fingerprint density at radius 3 is 2.48 bits per heavy atom. The average Bonchev–Trinajstić information content (AvgIpc) is 2.99. The van der Waals surface area contributed by atoms with E-state index in [0.717, 1.165) is 18.5 Å². The molecule has 0 aliphatic heterocycles. The number of nitrogens with zero attached hydrogens (tertiary/aromatic N) is 1. The molecular weight excluding hydrogens is 304 g/mol. The fourth-order valence-corrected chi connectivity index (χ4v) is 3.88. The zero-order chi connectivity index (χ0) is 15.3. The number of benzene rings is 1. The molecule has 0 radical (unpaired) electrons. The fourth-order valence-electron chi connectivity index (χ4n) is 2.01. The van der Waals surface area contributed by atoms with Gasteiger partial charge in [-0.05, 0) is 42.6 Å². The zero-order valence-electron chi connectivity index (χ0n) is 12.2. The van der Waals surface area contributed by atoms with Crippen molar-refractivity contribution < 1.29 is 8.42 Å². The molecule has 4 nitrogen and oxygen atoms in total. The van der Waals surface area contributed by atoms with Crippen molar-refractivity contribution in [3.63, 3.8) is 0 Å². The molecule has 0 spiro atoms. The molecule has 0 atom stereocenters. The Morgan fingerprint density at radius 1 is 1.19 bits per heavy atom. The predicted molar refractivity (Wildman–Crippen MR) is 87.0 cm³/mol. The van der Waals surface area contributed by atoms with E-state index < -0.39 is 10.0 Å². The zero-order valence-corrected chi connectivity index (χ0v) is 13.9. The first-order valence-corrected chi connectivity index (χ1v) is 9.08. The summed E-state index contributed by atoms with van der Waals surface area (Å²) in [5.74, 6) is 0. The second-order valence-electron chi connectivity index (χ2n) is 4.83. The molecule has 0 unspecified atom stereocenters. The largest absolute Gasteiger partial charge is 0.316 e. The average molecular weight is 324 g/mol. The number of likely N-dealkylation sites (N-methyl/N-ethyl adjacent to an activating group) is 1. The van der Waals surface area contributed by atoms with E-state index in [1.807, 2.05) is 36.7 Å². The molecule has 1 aromatic heterocycles. The lowest BCUT2D eigenvalue weighted by Gasteiger charge is -2.17. The Kier molecular flexibility index (Phi) is 5.52. The van der Waals surface area contributed by atoms with Crippen LogP contribution >= 0.6 is 11.3 Å². The number of hydrogen-bond donors (Lipinski definition) is 1. The monoisotopic (exact) mass is 324 g/mol. The topological polar surface area (TPSA) is 49.4 Å². The summed E-state index contributed by atoms with van der Waals surface area (Å²) in [5.41, 5.74) is 1.07. The number of thiophene rings is 1. The maximum Gasteiger partial charge on any atom is 0.242 e. The molecule has 0 saturated heterocycles. The van der Waals surface area contributed by atoms with Crippen molar-refractivity contribution in [2.24, 2.45) is 0 Å². The summed E-state index contributed by atoms with van der Waals surface area (Å²) in [6.07, 6.45) is 0.741. The quantitative estimate of drug-likeness (QED) is 0.850. The van der Waals surface area contributed by atoms with Gasteiger partial charge in [0.05, 0.1) is 4.90 Å². The van der Waals surface area contributed by atoms with Crippen LogP contribution in [0, 0.1) is 0 Å². The van der Waals surface area contributed by atoms with E-state index in [-0.39, 0.29) is 0 Å². The minimum absolute atomic E-state index is 0.344. The summed E-state index contributed by atoms with van der Waals surface area (Å²) in [4.78, 5) is 1.54. The smallest absolute Gasteiger partial charge is 0.242 e. The number of nitrogens with one attached hydrogen (secondary N) is 1. The van der Waals surface area contributed by atoms with Crippen molar-refractivity contribution in [2.75, 3.05) is 20.6 Å². The summed E-state index contributed by atoms with van der Waals surface area (Å²) in [6.45, 7) is 1.22. The molecule has 6 heteroatoms. The van der Waals surface area contributed by atoms with Crippen molar-refractivity contribution in [1.29, 1.82) is 0 Å². The molecule has 114 valence electrons. The highest BCUT2D eigenvalue weighted by Gasteiger charge is 2.20. The van der Waals surface area contributed by atoms with Crippen LogP contribution in [0.3, 0.4) is 0 Å². The Labute approximate surface area is 130 Å². The van der Waals surface area contributed by atoms with Gasteiger partial charge in [-0.15, -0.1) is 11.3 Å². The lowest BCUT2D eigenvalue weighted by Crippen LogP contribution is -2.28. The van der Waals surface area contributed by atoms with Gasteiger partial charge in [-0.3, -0.25) is 0 Å². The summed E-state index contributed by atoms with van der Waals surface area (Å²) in [5, 5.41) is 5.05. The maximum absolute atomic E-state index is 12.5. The Balaban J connectivity index is 2.05. The normalized spacial score (nSPS) is 12.0. The van der Waals surface area contributed by atoms with E-state index in [0.29, 0.717) is 11.4 Å². The van der Waals surface area contributed by atoms with Crippen LogP contribution in [0.4, 0.5) is 0 Å². The van der Waals surface area contributed by atoms with E-state index in [4.69, 9.17) is 0 Å². The van der Waals surface area contributed by atoms with Crippen molar-refractivity contribution in [3.05, 3.63) is 52.2 Å². The summed E-state index contributed by atoms with van der Waals surface area (Å²) < 4.78 is 26.4. The lowest BCUT2D eigenvalue weighted by atomic mass is 10.2. The predicted octanol–water partition coefficient (Wildman–Crippen LogP) is 2.33. The van der Waals surface area contributed by atoms with Gasteiger partial charge in [-0.1, -0.05) is 18.2 Å². The molecule has 1 heterocycles. The summed E-state index contributed by atoms with van der Waals surface area (Å²) >= 11 is 1.65. The number of rotatable bonds is 7. The van der Waals surface area contributed by atoms with Gasteiger partial charge in [0.1, 0.15) is 0 Å². The van der Waals surface area contributed by atoms with Gasteiger partial charge in [0, 0.05) is 25.0 Å². The Morgan fingerprint density at radius 2 is 1.90 bits per heavy atom. The van der Waals surface area contributed by atoms with Crippen molar-refractivity contribution in [3.8, 4) is 0 Å². The molecular formula is C15H20N2O2S2. The van der Waals surface area contributed by atoms with Crippen LogP contribution in [0.1, 0.15) is 10.4 Å². The van der Waals surface area contributed by atoms with Gasteiger partial charge in [0.25, 0.3) is 0 Å². The Bertz CT molecular complexity index is 649. The van der Waals surface area contributed by atoms with Crippen LogP contribution in [0.25, 0.3) is 0 Å². The maximum atomic E-state index is 12.5. The van der Waals surface area contributed by atoms with Gasteiger partial charge >= 0.3 is 0 Å². The van der Waals surface area contributed by atoms with Crippen molar-refractivity contribution in [2.45, 2.75) is 17.9 Å². The van der Waals surface area contributed by atoms with Crippen LogP contribution in [-0.4, -0.2) is 33.4 Å². The van der Waals surface area contributed by atoms with E-state index in [1.54, 1.807) is 30.5 Å². The first-order chi connectivity index (χ1) is 10.0. The highest BCUT2D eigenvalue weighted by Crippen LogP contribution is 2.17. The molecule has 0 fully saturated rings. The standard InChI is InChI=1S/C15H20N2O2S2/c1-16-12-13-5-7-15(8-6-13)21(18,19)17(2)10-9-14-4-3-11-20-14/h3-8,11,16H,9-10,12H2,1-2H3. The third-order valence-corrected chi connectivity index (χ3v) is 6.07. The van der Waals surface area contributed by atoms with Crippen LogP contribution in [0.15, 0.2) is 46.7 Å². The first-order valence-electron chi connectivity index (χ1n) is 6.76. The highest BCUT2D eigenvalue weighted by molar-refractivity contribution is 7.89. The van der Waals surface area contributed by atoms with Crippen LogP contribution < -0.4 is 5.32 Å². The van der Waals surface area contributed by atoms with Gasteiger partial charge in [-0.2, -0.15) is 0 Å². The van der Waals surface area contributed by atoms with Crippen LogP contribution in [-0.2, 0) is 23.0 Å². The molecule has 0 aliphatic rings. The summed E-state index contributed by atoms with van der Waals surface area (Å²) in [7, 11) is 0.0872. The first kappa shape index (κ1) is 16.2. The fraction of sp³-hybridized carbons (Fsp3) is 0.333. The van der Waals surface area contributed by atoms with Gasteiger partial charge in [0.2, 0.25) is 10.0 Å². The molecule has 21 heavy (non-hydrogen) atoms. The number of hydrogen-bond acceptors (Lipinski definition) is 4. The van der Waals surface area contributed by atoms with Crippen LogP contribution in [0.5, 0.6) is 0 Å². The number of sulfonamides is 1. The van der Waals surface area contributed by atoms with Gasteiger partial charge in [0.15, 0.2) is 0 Å². The molecule has 2 aromatic rings. The SMILES string of the molecule is CNCc1ccc(S(=O)(=O)N(C)CCc2cccs2)cc1. The second-order valence-corrected chi connectivity index (χ2v) is 7.91.